The van der Waals surface area contributed by atoms with E-state index in [0.717, 1.165) is 46.7 Å². The molecule has 1 aromatic heterocycles. The Labute approximate surface area is 199 Å². The Morgan fingerprint density at radius 3 is 2.18 bits per heavy atom. The summed E-state index contributed by atoms with van der Waals surface area (Å²) in [5, 5.41) is 12.7. The van der Waals surface area contributed by atoms with Gasteiger partial charge in [0, 0.05) is 16.9 Å². The van der Waals surface area contributed by atoms with Gasteiger partial charge in [-0.05, 0) is 43.0 Å². The number of nitrogens with zero attached hydrogens (tertiary/aromatic N) is 3. The molecule has 1 heterocycles. The summed E-state index contributed by atoms with van der Waals surface area (Å²) in [6.45, 7) is 6.27. The fourth-order valence-electron chi connectivity index (χ4n) is 3.77. The third-order valence-corrected chi connectivity index (χ3v) is 6.48. The van der Waals surface area contributed by atoms with Gasteiger partial charge in [-0.25, -0.2) is 0 Å². The van der Waals surface area contributed by atoms with Gasteiger partial charge in [0.15, 0.2) is 11.0 Å². The van der Waals surface area contributed by atoms with Crippen LogP contribution in [0.25, 0.3) is 17.1 Å². The van der Waals surface area contributed by atoms with E-state index >= 15 is 0 Å². The monoisotopic (exact) mass is 456 g/mol. The summed E-state index contributed by atoms with van der Waals surface area (Å²) in [5.74, 6) is 0.960. The van der Waals surface area contributed by atoms with Crippen LogP contribution in [0.1, 0.15) is 30.5 Å². The van der Waals surface area contributed by atoms with Crippen molar-refractivity contribution < 1.29 is 4.79 Å². The van der Waals surface area contributed by atoms with E-state index in [1.54, 1.807) is 0 Å². The number of carbonyl (C=O) groups excluding carboxylic acids is 1. The van der Waals surface area contributed by atoms with Crippen molar-refractivity contribution >= 4 is 23.4 Å². The van der Waals surface area contributed by atoms with Crippen molar-refractivity contribution in [3.8, 4) is 17.1 Å². The van der Waals surface area contributed by atoms with Gasteiger partial charge in [-0.1, -0.05) is 91.8 Å². The second-order valence-electron chi connectivity index (χ2n) is 7.84. The van der Waals surface area contributed by atoms with Crippen molar-refractivity contribution in [1.29, 1.82) is 0 Å². The minimum Gasteiger partial charge on any atom is -0.325 e. The molecule has 0 unspecified atom stereocenters. The third kappa shape index (κ3) is 5.17. The molecule has 0 saturated heterocycles. The highest BCUT2D eigenvalue weighted by Gasteiger charge is 2.18. The van der Waals surface area contributed by atoms with Crippen molar-refractivity contribution in [3.05, 3.63) is 89.5 Å². The molecule has 0 radical (unpaired) electrons. The lowest BCUT2D eigenvalue weighted by Crippen LogP contribution is -2.17. The van der Waals surface area contributed by atoms with E-state index in [1.165, 1.54) is 17.3 Å². The maximum Gasteiger partial charge on any atom is 0.234 e. The Bertz CT molecular complexity index is 1210. The van der Waals surface area contributed by atoms with Crippen molar-refractivity contribution in [2.24, 2.45) is 0 Å². The van der Waals surface area contributed by atoms with E-state index in [4.69, 9.17) is 0 Å². The molecule has 0 fully saturated rings. The zero-order valence-corrected chi connectivity index (χ0v) is 20.0. The van der Waals surface area contributed by atoms with Crippen LogP contribution < -0.4 is 5.32 Å². The minimum absolute atomic E-state index is 0.0460. The number of benzene rings is 3. The Morgan fingerprint density at radius 2 is 1.55 bits per heavy atom. The first-order valence-corrected chi connectivity index (χ1v) is 12.2. The minimum atomic E-state index is -0.0460. The molecule has 5 nitrogen and oxygen atoms in total. The average Bonchev–Trinajstić information content (AvgIpc) is 3.28. The molecule has 0 atom stereocenters. The number of para-hydroxylation sites is 1. The van der Waals surface area contributed by atoms with Gasteiger partial charge < -0.3 is 5.32 Å². The zero-order valence-electron chi connectivity index (χ0n) is 19.2. The first-order chi connectivity index (χ1) is 16.1. The number of carbonyl (C=O) groups is 1. The number of thioether (sulfide) groups is 1. The van der Waals surface area contributed by atoms with E-state index in [9.17, 15) is 4.79 Å². The molecule has 168 valence electrons. The van der Waals surface area contributed by atoms with Gasteiger partial charge in [-0.15, -0.1) is 10.2 Å². The van der Waals surface area contributed by atoms with Crippen LogP contribution in [0.5, 0.6) is 0 Å². The lowest BCUT2D eigenvalue weighted by molar-refractivity contribution is -0.113. The highest BCUT2D eigenvalue weighted by Crippen LogP contribution is 2.29. The van der Waals surface area contributed by atoms with Crippen molar-refractivity contribution in [2.45, 2.75) is 38.8 Å². The smallest absolute Gasteiger partial charge is 0.234 e. The topological polar surface area (TPSA) is 59.8 Å². The Morgan fingerprint density at radius 1 is 0.879 bits per heavy atom. The van der Waals surface area contributed by atoms with Crippen LogP contribution in [0.15, 0.2) is 78.0 Å². The SMILES string of the molecule is CCc1cccc(CC)c1NC(=O)CSc1nnc(-c2ccccc2)n1-c1ccc(C)cc1. The molecule has 1 amide bonds. The molecule has 0 aliphatic rings. The van der Waals surface area contributed by atoms with Crippen LogP contribution in [-0.2, 0) is 17.6 Å². The molecular weight excluding hydrogens is 428 g/mol. The summed E-state index contributed by atoms with van der Waals surface area (Å²) < 4.78 is 2.02. The fourth-order valence-corrected chi connectivity index (χ4v) is 4.52. The van der Waals surface area contributed by atoms with Gasteiger partial charge in [0.1, 0.15) is 0 Å². The van der Waals surface area contributed by atoms with Gasteiger partial charge in [0.05, 0.1) is 5.75 Å². The van der Waals surface area contributed by atoms with Crippen LogP contribution in [0.2, 0.25) is 0 Å². The van der Waals surface area contributed by atoms with E-state index in [1.807, 2.05) is 34.9 Å². The first kappa shape index (κ1) is 22.8. The van der Waals surface area contributed by atoms with Gasteiger partial charge in [0.2, 0.25) is 5.91 Å². The van der Waals surface area contributed by atoms with E-state index in [2.05, 4.69) is 78.7 Å². The summed E-state index contributed by atoms with van der Waals surface area (Å²) in [5.41, 5.74) is 6.38. The fraction of sp³-hybridized carbons (Fsp3) is 0.222. The molecule has 33 heavy (non-hydrogen) atoms. The molecule has 0 bridgehead atoms. The number of amides is 1. The molecule has 3 aromatic carbocycles. The molecule has 1 N–H and O–H groups in total. The highest BCUT2D eigenvalue weighted by atomic mass is 32.2. The predicted octanol–water partition coefficient (Wildman–Crippen LogP) is 6.10. The summed E-state index contributed by atoms with van der Waals surface area (Å²) in [4.78, 5) is 12.9. The normalized spacial score (nSPS) is 10.9. The molecule has 0 aliphatic carbocycles. The molecular formula is C27H28N4OS. The number of hydrogen-bond donors (Lipinski definition) is 1. The quantitative estimate of drug-likeness (QED) is 0.326. The molecule has 0 saturated carbocycles. The number of hydrogen-bond acceptors (Lipinski definition) is 4. The van der Waals surface area contributed by atoms with E-state index < -0.39 is 0 Å². The van der Waals surface area contributed by atoms with Gasteiger partial charge in [0.25, 0.3) is 0 Å². The second-order valence-corrected chi connectivity index (χ2v) is 8.78. The zero-order chi connectivity index (χ0) is 23.2. The van der Waals surface area contributed by atoms with Gasteiger partial charge in [-0.2, -0.15) is 0 Å². The lowest BCUT2D eigenvalue weighted by atomic mass is 10.0. The lowest BCUT2D eigenvalue weighted by Gasteiger charge is -2.14. The van der Waals surface area contributed by atoms with Crippen molar-refractivity contribution in [1.82, 2.24) is 14.8 Å². The highest BCUT2D eigenvalue weighted by molar-refractivity contribution is 7.99. The maximum atomic E-state index is 12.9. The molecule has 6 heteroatoms. The van der Waals surface area contributed by atoms with Gasteiger partial charge >= 0.3 is 0 Å². The maximum absolute atomic E-state index is 12.9. The number of aryl methyl sites for hydroxylation is 3. The summed E-state index contributed by atoms with van der Waals surface area (Å²) in [6.07, 6.45) is 1.75. The standard InChI is InChI=1S/C27H28N4OS/c1-4-20-12-9-13-21(5-2)25(20)28-24(32)18-33-27-30-29-26(22-10-7-6-8-11-22)31(27)23-16-14-19(3)15-17-23/h6-17H,4-5,18H2,1-3H3,(H,28,32). The predicted molar refractivity (Wildman–Crippen MR) is 136 cm³/mol. The third-order valence-electron chi connectivity index (χ3n) is 5.55. The second kappa shape index (κ2) is 10.5. The van der Waals surface area contributed by atoms with Crippen LogP contribution in [0.3, 0.4) is 0 Å². The van der Waals surface area contributed by atoms with Crippen molar-refractivity contribution in [3.63, 3.8) is 0 Å². The number of rotatable bonds is 8. The number of nitrogens with one attached hydrogen (secondary N) is 1. The first-order valence-electron chi connectivity index (χ1n) is 11.2. The molecule has 0 spiro atoms. The van der Waals surface area contributed by atoms with E-state index in [0.29, 0.717) is 5.16 Å². The summed E-state index contributed by atoms with van der Waals surface area (Å²) >= 11 is 1.39. The average molecular weight is 457 g/mol. The van der Waals surface area contributed by atoms with Crippen LogP contribution in [-0.4, -0.2) is 26.4 Å². The summed E-state index contributed by atoms with van der Waals surface area (Å²) in [6, 6.07) is 24.4. The molecule has 0 aliphatic heterocycles. The van der Waals surface area contributed by atoms with Crippen LogP contribution in [0, 0.1) is 6.92 Å². The number of aromatic nitrogens is 3. The summed E-state index contributed by atoms with van der Waals surface area (Å²) in [7, 11) is 0. The van der Waals surface area contributed by atoms with E-state index in [-0.39, 0.29) is 11.7 Å². The largest absolute Gasteiger partial charge is 0.325 e. The van der Waals surface area contributed by atoms with Crippen LogP contribution in [0.4, 0.5) is 5.69 Å². The Kier molecular flexibility index (Phi) is 7.25. The Balaban J connectivity index is 1.60. The molecule has 4 aromatic rings. The van der Waals surface area contributed by atoms with Crippen LogP contribution >= 0.6 is 11.8 Å². The number of anilines is 1. The van der Waals surface area contributed by atoms with Gasteiger partial charge in [-0.3, -0.25) is 9.36 Å². The van der Waals surface area contributed by atoms with Crippen molar-refractivity contribution in [2.75, 3.05) is 11.1 Å². The Hall–Kier alpha value is -3.38. The molecule has 4 rings (SSSR count).